The van der Waals surface area contributed by atoms with Gasteiger partial charge in [-0.3, -0.25) is 18.4 Å². The first-order chi connectivity index (χ1) is 33.2. The number of rotatable bonds is 25. The first-order valence-electron chi connectivity index (χ1n) is 18.0. The van der Waals surface area contributed by atoms with Gasteiger partial charge in [-0.25, -0.2) is 42.1 Å². The Labute approximate surface area is 555 Å². The van der Waals surface area contributed by atoms with Crippen LogP contribution in [-0.2, 0) is 77.7 Å². The average molecular weight is 1260 g/mol. The monoisotopic (exact) mass is 1260 g/mol. The van der Waals surface area contributed by atoms with Gasteiger partial charge < -0.3 is 46.3 Å². The van der Waals surface area contributed by atoms with Crippen LogP contribution in [0.2, 0.25) is 5.28 Å². The first-order valence-corrected chi connectivity index (χ1v) is 27.2. The summed E-state index contributed by atoms with van der Waals surface area (Å²) in [6.07, 6.45) is 0. The average Bonchev–Trinajstić information content (AvgIpc) is 3.26. The van der Waals surface area contributed by atoms with Crippen LogP contribution >= 0.6 is 35.7 Å². The molecule has 1 heterocycles. The number of hydrogen-bond donors (Lipinski definition) is 4. The molecule has 4 aromatic carbocycles. The van der Waals surface area contributed by atoms with Crippen molar-refractivity contribution in [3.8, 4) is 0 Å². The molecule has 0 saturated carbocycles. The van der Waals surface area contributed by atoms with Gasteiger partial charge in [-0.2, -0.15) is 28.7 Å². The zero-order valence-corrected chi connectivity index (χ0v) is 55.7. The van der Waals surface area contributed by atoms with E-state index in [1.54, 1.807) is 0 Å². The third-order valence-corrected chi connectivity index (χ3v) is 14.8. The van der Waals surface area contributed by atoms with Crippen molar-refractivity contribution in [2.75, 3.05) is 46.8 Å². The van der Waals surface area contributed by atoms with Gasteiger partial charge in [0.15, 0.2) is 19.7 Å². The van der Waals surface area contributed by atoms with Crippen LogP contribution in [0, 0.1) is 0 Å². The molecule has 1 aromatic heterocycles. The van der Waals surface area contributed by atoms with E-state index in [9.17, 15) is 66.3 Å². The summed E-state index contributed by atoms with van der Waals surface area (Å²) in [6.45, 7) is -1.89. The molecule has 0 saturated heterocycles. The Morgan fingerprint density at radius 1 is 0.579 bits per heavy atom. The van der Waals surface area contributed by atoms with E-state index in [0.29, 0.717) is 6.07 Å². The Morgan fingerprint density at radius 3 is 1.54 bits per heavy atom. The van der Waals surface area contributed by atoms with Crippen LogP contribution in [0.1, 0.15) is 0 Å². The number of nitrogen functional groups attached to an aromatic ring is 2. The summed E-state index contributed by atoms with van der Waals surface area (Å²) in [6, 6.07) is 12.0. The summed E-state index contributed by atoms with van der Waals surface area (Å²) in [5.41, 5.74) is 9.35. The van der Waals surface area contributed by atoms with Crippen LogP contribution in [0.3, 0.4) is 0 Å². The number of sulfone groups is 2. The van der Waals surface area contributed by atoms with Gasteiger partial charge in [0.25, 0.3) is 0 Å². The standard InChI is InChI=1S/C31H30ClN11O21S7.5Na/c32-29-37-30(35-16-1-5-18(6-2-16)67(46,47)11-9-59-70(53,54)55)39-31(38-29)36-20-13-21(24(66-64-62-45)15-23(20)65-63-61-44)41-42-22-14-25(69(50,51)52)27(34)28(26(22)33)43-40-17-3-7-19(8-4-17)68(48,49)12-10-60-71(56,57)58;;;;;/h1-8,13-15,44-45H,9-12,33-34H2,(H,50,51,52)(H,53,54,55)(H,56,57,58)(H2,35,36,37,38,39);;;;;/q;5*+1/p-5. The van der Waals surface area contributed by atoms with Gasteiger partial charge >= 0.3 is 148 Å². The van der Waals surface area contributed by atoms with Crippen LogP contribution in [-0.4, -0.2) is 95.4 Å². The molecule has 0 aliphatic carbocycles. The summed E-state index contributed by atoms with van der Waals surface area (Å²) < 4.78 is 168. The molecular formula is C31H25ClN11Na5O21S7. The van der Waals surface area contributed by atoms with E-state index in [1.807, 2.05) is 0 Å². The molecule has 45 heteroatoms. The molecule has 0 bridgehead atoms. The molecule has 0 atom stereocenters. The minimum atomic E-state index is -5.41. The van der Waals surface area contributed by atoms with E-state index in [0.717, 1.165) is 48.5 Å². The topological polar surface area (TPSA) is 506 Å². The van der Waals surface area contributed by atoms with Crippen LogP contribution in [0.5, 0.6) is 0 Å². The van der Waals surface area contributed by atoms with Crippen molar-refractivity contribution >= 4 is 144 Å². The summed E-state index contributed by atoms with van der Waals surface area (Å²) in [5.74, 6) is -2.32. The van der Waals surface area contributed by atoms with E-state index < -0.39 is 108 Å². The van der Waals surface area contributed by atoms with Gasteiger partial charge in [0.05, 0.1) is 96.0 Å². The maximum Gasteiger partial charge on any atom is 1.00 e. The Morgan fingerprint density at radius 2 is 1.05 bits per heavy atom. The molecule has 0 aliphatic rings. The molecule has 0 fully saturated rings. The molecule has 0 unspecified atom stereocenters. The second-order valence-electron chi connectivity index (χ2n) is 12.8. The molecule has 6 N–H and O–H groups in total. The molecule has 32 nitrogen and oxygen atoms in total. The van der Waals surface area contributed by atoms with E-state index >= 15 is 0 Å². The molecule has 5 rings (SSSR count). The van der Waals surface area contributed by atoms with Gasteiger partial charge in [0, 0.05) is 5.69 Å². The Balaban J connectivity index is 0.0000112. The second-order valence-corrected chi connectivity index (χ2v) is 22.3. The number of nitrogens with zero attached hydrogens (tertiary/aromatic N) is 7. The van der Waals surface area contributed by atoms with Crippen molar-refractivity contribution in [1.29, 1.82) is 0 Å². The minimum absolute atomic E-state index is 0. The zero-order chi connectivity index (χ0) is 52.4. The van der Waals surface area contributed by atoms with Crippen molar-refractivity contribution in [3.63, 3.8) is 0 Å². The number of nitrogens with one attached hydrogen (secondary N) is 2. The number of benzene rings is 4. The number of halogens is 1. The van der Waals surface area contributed by atoms with Crippen LogP contribution in [0.15, 0.2) is 112 Å². The number of azo groups is 2. The van der Waals surface area contributed by atoms with Crippen LogP contribution in [0.4, 0.5) is 57.4 Å². The maximum atomic E-state index is 12.6. The maximum absolute atomic E-state index is 12.6. The Bertz CT molecular complexity index is 3430. The molecular weight excluding hydrogens is 1240 g/mol. The van der Waals surface area contributed by atoms with Gasteiger partial charge in [-0.05, 0) is 78.3 Å². The first kappa shape index (κ1) is 75.6. The van der Waals surface area contributed by atoms with Crippen LogP contribution in [0.25, 0.3) is 0 Å². The third kappa shape index (κ3) is 23.8. The largest absolute Gasteiger partial charge is 1.00 e. The fourth-order valence-corrected chi connectivity index (χ4v) is 9.88. The number of aromatic nitrogens is 3. The van der Waals surface area contributed by atoms with Gasteiger partial charge in [-0.15, -0.1) is 15.3 Å². The van der Waals surface area contributed by atoms with Gasteiger partial charge in [0.1, 0.15) is 27.2 Å². The van der Waals surface area contributed by atoms with E-state index in [2.05, 4.69) is 73.2 Å². The molecule has 5 aromatic rings. The van der Waals surface area contributed by atoms with Crippen LogP contribution < -0.4 is 180 Å². The quantitative estimate of drug-likeness (QED) is 0.00616. The van der Waals surface area contributed by atoms with Gasteiger partial charge in [-0.1, -0.05) is 0 Å². The Kier molecular flexibility index (Phi) is 33.5. The van der Waals surface area contributed by atoms with Crippen molar-refractivity contribution in [1.82, 2.24) is 15.0 Å². The summed E-state index contributed by atoms with van der Waals surface area (Å²) in [5, 5.41) is 49.2. The molecule has 0 spiro atoms. The second kappa shape index (κ2) is 33.6. The molecule has 0 radical (unpaired) electrons. The Hall–Kier alpha value is -0.410. The fraction of sp³-hybridized carbons (Fsp3) is 0.129. The molecule has 76 heavy (non-hydrogen) atoms. The molecule has 0 aliphatic heterocycles. The summed E-state index contributed by atoms with van der Waals surface area (Å²) in [4.78, 5) is 10.1. The predicted molar refractivity (Wildman–Crippen MR) is 234 cm³/mol. The van der Waals surface area contributed by atoms with Crippen molar-refractivity contribution in [3.05, 3.63) is 72.0 Å². The van der Waals surface area contributed by atoms with Crippen molar-refractivity contribution < 1.29 is 241 Å². The fourth-order valence-electron chi connectivity index (χ4n) is 5.14. The van der Waals surface area contributed by atoms with E-state index in [1.165, 1.54) is 12.1 Å². The SMILES string of the molecule is Nc1c(N=Nc2cc(Nc3nc(Cl)nc(Nc4ccc(S(=O)(=O)CCOS(=O)(=O)[O-])cc4)n3)c(SOO[O-])cc2SOO[O-])cc(S(=O)(=O)[O-])c(N)c1N=Nc1ccc(S(=O)(=O)CCOS(=O)(=O)[O-])cc1.[Na+].[Na+].[Na+].[Na+].[Na+]. The van der Waals surface area contributed by atoms with Crippen molar-refractivity contribution in [2.24, 2.45) is 20.5 Å². The van der Waals surface area contributed by atoms with Gasteiger partial charge in [0.2, 0.25) is 38.0 Å². The molecule has 384 valence electrons. The van der Waals surface area contributed by atoms with E-state index in [4.69, 9.17) is 23.1 Å². The number of anilines is 6. The normalized spacial score (nSPS) is 11.9. The third-order valence-electron chi connectivity index (χ3n) is 8.16. The number of nitrogens with two attached hydrogens (primary N) is 2. The summed E-state index contributed by atoms with van der Waals surface area (Å²) in [7, 11) is -24.0. The van der Waals surface area contributed by atoms with Crippen molar-refractivity contribution in [2.45, 2.75) is 24.5 Å². The smallest absolute Gasteiger partial charge is 0.744 e. The number of hydrogen-bond acceptors (Lipinski definition) is 34. The zero-order valence-electron chi connectivity index (χ0n) is 39.3. The summed E-state index contributed by atoms with van der Waals surface area (Å²) >= 11 is 6.65. The van der Waals surface area contributed by atoms with E-state index in [-0.39, 0.29) is 226 Å². The minimum Gasteiger partial charge on any atom is -0.744 e. The molecule has 0 amide bonds. The predicted octanol–water partition coefficient (Wildman–Crippen LogP) is -13.1.